The molecule has 1 aliphatic heterocycles. The van der Waals surface area contributed by atoms with E-state index >= 15 is 0 Å². The first kappa shape index (κ1) is 12.3. The molecule has 1 atom stereocenters. The van der Waals surface area contributed by atoms with Gasteiger partial charge in [-0.15, -0.1) is 23.5 Å². The van der Waals surface area contributed by atoms with E-state index in [0.29, 0.717) is 0 Å². The number of carboxylic acid groups (broad SMARTS) is 1. The predicted octanol–water partition coefficient (Wildman–Crippen LogP) is 3.42. The van der Waals surface area contributed by atoms with Gasteiger partial charge in [0.15, 0.2) is 0 Å². The summed E-state index contributed by atoms with van der Waals surface area (Å²) >= 11 is 3.39. The van der Waals surface area contributed by atoms with Crippen molar-refractivity contribution in [3.63, 3.8) is 0 Å². The lowest BCUT2D eigenvalue weighted by Crippen LogP contribution is -2.19. The fourth-order valence-corrected chi connectivity index (χ4v) is 3.93. The van der Waals surface area contributed by atoms with Crippen molar-refractivity contribution in [3.05, 3.63) is 54.0 Å². The quantitative estimate of drug-likeness (QED) is 0.846. The zero-order valence-corrected chi connectivity index (χ0v) is 10.7. The number of benzene rings is 1. The molecular formula is C13H12O2S2. The summed E-state index contributed by atoms with van der Waals surface area (Å²) in [4.78, 5) is 11.8. The van der Waals surface area contributed by atoms with Crippen LogP contribution in [0, 0.1) is 0 Å². The largest absolute Gasteiger partial charge is 0.478 e. The highest BCUT2D eigenvalue weighted by Crippen LogP contribution is 2.42. The van der Waals surface area contributed by atoms with E-state index in [9.17, 15) is 4.79 Å². The second-order valence-corrected chi connectivity index (χ2v) is 5.99. The molecule has 17 heavy (non-hydrogen) atoms. The molecule has 88 valence electrons. The van der Waals surface area contributed by atoms with Crippen molar-refractivity contribution in [2.24, 2.45) is 0 Å². The second-order valence-electron chi connectivity index (χ2n) is 3.66. The minimum absolute atomic E-state index is 0.232. The Morgan fingerprint density at radius 1 is 1.41 bits per heavy atom. The molecule has 0 saturated carbocycles. The van der Waals surface area contributed by atoms with Gasteiger partial charge < -0.3 is 5.11 Å². The van der Waals surface area contributed by atoms with Crippen molar-refractivity contribution in [1.29, 1.82) is 0 Å². The Balaban J connectivity index is 2.18. The van der Waals surface area contributed by atoms with Crippen LogP contribution in [0.3, 0.4) is 0 Å². The number of aliphatic carboxylic acids is 1. The summed E-state index contributed by atoms with van der Waals surface area (Å²) in [5.74, 6) is -0.0283. The maximum atomic E-state index is 10.6. The number of hydrogen-bond donors (Lipinski definition) is 1. The van der Waals surface area contributed by atoms with Crippen LogP contribution in [-0.4, -0.2) is 21.6 Å². The predicted molar refractivity (Wildman–Crippen MR) is 73.4 cm³/mol. The molecular weight excluding hydrogens is 252 g/mol. The number of carbonyl (C=O) groups is 1. The molecule has 1 aromatic carbocycles. The molecule has 1 heterocycles. The highest BCUT2D eigenvalue weighted by molar-refractivity contribution is 8.06. The SMILES string of the molecule is O=C(O)C=CC1(Sc2ccccc2)C=CSC1. The van der Waals surface area contributed by atoms with Crippen LogP contribution in [0.1, 0.15) is 0 Å². The van der Waals surface area contributed by atoms with Crippen LogP contribution < -0.4 is 0 Å². The van der Waals surface area contributed by atoms with Crippen LogP contribution >= 0.6 is 23.5 Å². The molecule has 1 unspecified atom stereocenters. The molecule has 4 heteroatoms. The summed E-state index contributed by atoms with van der Waals surface area (Å²) in [6.45, 7) is 0. The smallest absolute Gasteiger partial charge is 0.328 e. The van der Waals surface area contributed by atoms with Crippen molar-refractivity contribution in [1.82, 2.24) is 0 Å². The highest BCUT2D eigenvalue weighted by atomic mass is 32.2. The van der Waals surface area contributed by atoms with Gasteiger partial charge in [0.25, 0.3) is 0 Å². The lowest BCUT2D eigenvalue weighted by atomic mass is 10.1. The lowest BCUT2D eigenvalue weighted by molar-refractivity contribution is -0.131. The standard InChI is InChI=1S/C13H12O2S2/c14-12(15)6-7-13(8-9-16-10-13)17-11-4-2-1-3-5-11/h1-9H,10H2,(H,14,15). The van der Waals surface area contributed by atoms with Gasteiger partial charge >= 0.3 is 5.97 Å². The fraction of sp³-hybridized carbons (Fsp3) is 0.154. The Hall–Kier alpha value is -1.13. The van der Waals surface area contributed by atoms with E-state index in [1.807, 2.05) is 35.7 Å². The van der Waals surface area contributed by atoms with Gasteiger partial charge in [0.2, 0.25) is 0 Å². The minimum Gasteiger partial charge on any atom is -0.478 e. The van der Waals surface area contributed by atoms with Gasteiger partial charge in [0, 0.05) is 16.7 Å². The van der Waals surface area contributed by atoms with Crippen LogP contribution in [0.4, 0.5) is 0 Å². The van der Waals surface area contributed by atoms with E-state index in [1.165, 1.54) is 6.08 Å². The van der Waals surface area contributed by atoms with Crippen LogP contribution in [0.25, 0.3) is 0 Å². The van der Waals surface area contributed by atoms with E-state index in [0.717, 1.165) is 10.6 Å². The zero-order chi connectivity index (χ0) is 12.1. The summed E-state index contributed by atoms with van der Waals surface area (Å²) in [5, 5.41) is 10.8. The Morgan fingerprint density at radius 2 is 2.18 bits per heavy atom. The van der Waals surface area contributed by atoms with E-state index < -0.39 is 5.97 Å². The molecule has 0 saturated heterocycles. The molecule has 0 spiro atoms. The minimum atomic E-state index is -0.900. The van der Waals surface area contributed by atoms with Crippen molar-refractivity contribution in [2.45, 2.75) is 9.64 Å². The highest BCUT2D eigenvalue weighted by Gasteiger charge is 2.29. The van der Waals surface area contributed by atoms with Gasteiger partial charge in [-0.2, -0.15) is 0 Å². The molecule has 1 N–H and O–H groups in total. The van der Waals surface area contributed by atoms with Crippen LogP contribution in [0.2, 0.25) is 0 Å². The van der Waals surface area contributed by atoms with E-state index in [2.05, 4.69) is 6.08 Å². The van der Waals surface area contributed by atoms with Crippen LogP contribution in [0.5, 0.6) is 0 Å². The molecule has 0 amide bonds. The summed E-state index contributed by atoms with van der Waals surface area (Å²) < 4.78 is -0.232. The average molecular weight is 264 g/mol. The van der Waals surface area contributed by atoms with Crippen LogP contribution in [0.15, 0.2) is 58.9 Å². The molecule has 1 aliphatic rings. The first-order valence-electron chi connectivity index (χ1n) is 5.16. The molecule has 0 aliphatic carbocycles. The zero-order valence-electron chi connectivity index (χ0n) is 9.08. The Bertz CT molecular complexity index is 454. The third-order valence-electron chi connectivity index (χ3n) is 2.31. The molecule has 0 fully saturated rings. The van der Waals surface area contributed by atoms with Gasteiger partial charge in [-0.3, -0.25) is 0 Å². The average Bonchev–Trinajstić information content (AvgIpc) is 2.77. The first-order valence-corrected chi connectivity index (χ1v) is 7.02. The number of thioether (sulfide) groups is 2. The normalized spacial score (nSPS) is 23.3. The van der Waals surface area contributed by atoms with Crippen molar-refractivity contribution in [2.75, 3.05) is 5.75 Å². The van der Waals surface area contributed by atoms with E-state index in [-0.39, 0.29) is 4.75 Å². The first-order chi connectivity index (χ1) is 8.20. The van der Waals surface area contributed by atoms with Gasteiger partial charge in [0.05, 0.1) is 4.75 Å². The van der Waals surface area contributed by atoms with Crippen molar-refractivity contribution >= 4 is 29.5 Å². The Kier molecular flexibility index (Phi) is 3.97. The van der Waals surface area contributed by atoms with Crippen molar-refractivity contribution < 1.29 is 9.90 Å². The molecule has 2 nitrogen and oxygen atoms in total. The van der Waals surface area contributed by atoms with Gasteiger partial charge in [-0.1, -0.05) is 30.4 Å². The third kappa shape index (κ3) is 3.41. The summed E-state index contributed by atoms with van der Waals surface area (Å²) in [6.07, 6.45) is 5.06. The number of hydrogen-bond acceptors (Lipinski definition) is 3. The summed E-state index contributed by atoms with van der Waals surface area (Å²) in [5.41, 5.74) is 0. The topological polar surface area (TPSA) is 37.3 Å². The molecule has 0 aromatic heterocycles. The lowest BCUT2D eigenvalue weighted by Gasteiger charge is -2.21. The number of carboxylic acids is 1. The molecule has 1 aromatic rings. The maximum absolute atomic E-state index is 10.6. The summed E-state index contributed by atoms with van der Waals surface area (Å²) in [6, 6.07) is 10.0. The Labute approximate surface area is 109 Å². The molecule has 2 rings (SSSR count). The number of rotatable bonds is 4. The Morgan fingerprint density at radius 3 is 2.76 bits per heavy atom. The maximum Gasteiger partial charge on any atom is 0.328 e. The monoisotopic (exact) mass is 264 g/mol. The molecule has 0 bridgehead atoms. The second kappa shape index (κ2) is 5.47. The third-order valence-corrected chi connectivity index (χ3v) is 4.77. The van der Waals surface area contributed by atoms with E-state index in [4.69, 9.17) is 5.11 Å². The summed E-state index contributed by atoms with van der Waals surface area (Å²) in [7, 11) is 0. The fourth-order valence-electron chi connectivity index (χ4n) is 1.51. The van der Waals surface area contributed by atoms with Gasteiger partial charge in [-0.05, 0) is 17.5 Å². The van der Waals surface area contributed by atoms with E-state index in [1.54, 1.807) is 29.6 Å². The van der Waals surface area contributed by atoms with Crippen molar-refractivity contribution in [3.8, 4) is 0 Å². The molecule has 0 radical (unpaired) electrons. The van der Waals surface area contributed by atoms with Crippen LogP contribution in [-0.2, 0) is 4.79 Å². The van der Waals surface area contributed by atoms with Gasteiger partial charge in [0.1, 0.15) is 0 Å². The van der Waals surface area contributed by atoms with Gasteiger partial charge in [-0.25, -0.2) is 4.79 Å².